The van der Waals surface area contributed by atoms with E-state index < -0.39 is 0 Å². The summed E-state index contributed by atoms with van der Waals surface area (Å²) in [6, 6.07) is 15.5. The molecular weight excluding hydrogens is 444 g/mol. The summed E-state index contributed by atoms with van der Waals surface area (Å²) in [5.41, 5.74) is 5.68. The molecule has 2 aromatic carbocycles. The molecule has 4 rings (SSSR count). The number of ether oxygens (including phenoxy) is 3. The molecule has 8 nitrogen and oxygen atoms in total. The van der Waals surface area contributed by atoms with Gasteiger partial charge in [-0.05, 0) is 55.7 Å². The largest absolute Gasteiger partial charge is 0.493 e. The molecule has 1 amide bonds. The van der Waals surface area contributed by atoms with Crippen molar-refractivity contribution in [1.29, 1.82) is 0 Å². The summed E-state index contributed by atoms with van der Waals surface area (Å²) >= 11 is 0. The van der Waals surface area contributed by atoms with Gasteiger partial charge in [-0.3, -0.25) is 4.79 Å². The first kappa shape index (κ1) is 24.1. The van der Waals surface area contributed by atoms with Crippen LogP contribution in [0.5, 0.6) is 17.4 Å². The minimum Gasteiger partial charge on any atom is -0.493 e. The van der Waals surface area contributed by atoms with Crippen LogP contribution in [0.3, 0.4) is 0 Å². The number of aromatic nitrogens is 3. The Bertz CT molecular complexity index is 1350. The predicted octanol–water partition coefficient (Wildman–Crippen LogP) is 4.31. The van der Waals surface area contributed by atoms with Crippen LogP contribution in [0.2, 0.25) is 0 Å². The average molecular weight is 475 g/mol. The number of rotatable bonds is 9. The molecular formula is C27H30N4O4. The molecule has 0 aliphatic rings. The maximum Gasteiger partial charge on any atom is 0.258 e. The van der Waals surface area contributed by atoms with E-state index in [-0.39, 0.29) is 12.5 Å². The van der Waals surface area contributed by atoms with Crippen molar-refractivity contribution >= 4 is 16.9 Å². The Morgan fingerprint density at radius 3 is 2.43 bits per heavy atom. The number of fused-ring (bicyclic) bond motifs is 1. The second-order valence-corrected chi connectivity index (χ2v) is 8.26. The lowest BCUT2D eigenvalue weighted by atomic mass is 10.1. The summed E-state index contributed by atoms with van der Waals surface area (Å²) in [4.78, 5) is 17.2. The quantitative estimate of drug-likeness (QED) is 0.389. The number of nitrogens with zero attached hydrogens (tertiary/aromatic N) is 3. The summed E-state index contributed by atoms with van der Waals surface area (Å²) in [6.07, 6.45) is 0.793. The zero-order valence-corrected chi connectivity index (χ0v) is 20.7. The summed E-state index contributed by atoms with van der Waals surface area (Å²) in [5, 5.41) is 8.60. The van der Waals surface area contributed by atoms with Crippen LogP contribution < -0.4 is 19.5 Å². The van der Waals surface area contributed by atoms with Crippen LogP contribution in [-0.4, -0.2) is 41.5 Å². The number of benzene rings is 2. The van der Waals surface area contributed by atoms with Crippen molar-refractivity contribution in [3.63, 3.8) is 0 Å². The van der Waals surface area contributed by atoms with Crippen LogP contribution in [0.25, 0.3) is 16.7 Å². The normalized spacial score (nSPS) is 10.9. The predicted molar refractivity (Wildman–Crippen MR) is 135 cm³/mol. The lowest BCUT2D eigenvalue weighted by molar-refractivity contribution is -0.123. The van der Waals surface area contributed by atoms with Crippen LogP contribution in [-0.2, 0) is 17.8 Å². The zero-order valence-electron chi connectivity index (χ0n) is 20.7. The molecule has 0 aliphatic carbocycles. The van der Waals surface area contributed by atoms with E-state index in [0.717, 1.165) is 34.3 Å². The van der Waals surface area contributed by atoms with Gasteiger partial charge in [0.2, 0.25) is 5.88 Å². The molecule has 2 aromatic heterocycles. The Labute approximate surface area is 204 Å². The molecule has 0 radical (unpaired) electrons. The highest BCUT2D eigenvalue weighted by Gasteiger charge is 2.17. The van der Waals surface area contributed by atoms with E-state index in [4.69, 9.17) is 24.3 Å². The molecule has 0 unspecified atom stereocenters. The Kier molecular flexibility index (Phi) is 7.19. The van der Waals surface area contributed by atoms with Gasteiger partial charge in [-0.1, -0.05) is 30.7 Å². The van der Waals surface area contributed by atoms with E-state index in [1.165, 1.54) is 5.56 Å². The second kappa shape index (κ2) is 10.5. The molecule has 0 aliphatic heterocycles. The van der Waals surface area contributed by atoms with Crippen LogP contribution in [0.15, 0.2) is 48.5 Å². The summed E-state index contributed by atoms with van der Waals surface area (Å²) in [7, 11) is 3.16. The second-order valence-electron chi connectivity index (χ2n) is 8.26. The SMILES string of the molecule is CCc1cc(OCC(=O)NCc2ccc(OC)c(OC)c2)nc2c1c(C)nn2-c1ccc(C)cc1. The van der Waals surface area contributed by atoms with Crippen LogP contribution >= 0.6 is 0 Å². The van der Waals surface area contributed by atoms with E-state index in [9.17, 15) is 4.79 Å². The first-order chi connectivity index (χ1) is 16.9. The van der Waals surface area contributed by atoms with Gasteiger partial charge in [0.1, 0.15) is 0 Å². The van der Waals surface area contributed by atoms with Crippen molar-refractivity contribution < 1.29 is 19.0 Å². The van der Waals surface area contributed by atoms with Crippen molar-refractivity contribution in [2.45, 2.75) is 33.7 Å². The Morgan fingerprint density at radius 2 is 1.74 bits per heavy atom. The van der Waals surface area contributed by atoms with Gasteiger partial charge >= 0.3 is 0 Å². The van der Waals surface area contributed by atoms with E-state index in [1.807, 2.05) is 61.0 Å². The number of pyridine rings is 1. The van der Waals surface area contributed by atoms with E-state index in [2.05, 4.69) is 12.2 Å². The van der Waals surface area contributed by atoms with Crippen molar-refractivity contribution in [1.82, 2.24) is 20.1 Å². The Morgan fingerprint density at radius 1 is 1.00 bits per heavy atom. The van der Waals surface area contributed by atoms with Gasteiger partial charge < -0.3 is 19.5 Å². The molecule has 0 saturated carbocycles. The van der Waals surface area contributed by atoms with Gasteiger partial charge in [-0.25, -0.2) is 4.68 Å². The van der Waals surface area contributed by atoms with Gasteiger partial charge in [-0.2, -0.15) is 10.1 Å². The van der Waals surface area contributed by atoms with E-state index >= 15 is 0 Å². The van der Waals surface area contributed by atoms with Crippen LogP contribution in [0.1, 0.15) is 29.3 Å². The molecule has 182 valence electrons. The molecule has 0 bridgehead atoms. The monoisotopic (exact) mass is 474 g/mol. The first-order valence-electron chi connectivity index (χ1n) is 11.5. The summed E-state index contributed by atoms with van der Waals surface area (Å²) in [6.45, 7) is 6.31. The Hall–Kier alpha value is -4.07. The fourth-order valence-corrected chi connectivity index (χ4v) is 3.95. The third-order valence-electron chi connectivity index (χ3n) is 5.82. The highest BCUT2D eigenvalue weighted by atomic mass is 16.5. The molecule has 2 heterocycles. The first-order valence-corrected chi connectivity index (χ1v) is 11.5. The lowest BCUT2D eigenvalue weighted by Crippen LogP contribution is -2.28. The maximum absolute atomic E-state index is 12.5. The molecule has 1 N–H and O–H groups in total. The molecule has 0 saturated heterocycles. The van der Waals surface area contributed by atoms with Gasteiger partial charge in [0.15, 0.2) is 23.8 Å². The molecule has 0 fully saturated rings. The molecule has 35 heavy (non-hydrogen) atoms. The fraction of sp³-hybridized carbons (Fsp3) is 0.296. The third kappa shape index (κ3) is 5.21. The number of methoxy groups -OCH3 is 2. The summed E-state index contributed by atoms with van der Waals surface area (Å²) in [5.74, 6) is 1.40. The smallest absolute Gasteiger partial charge is 0.258 e. The van der Waals surface area contributed by atoms with Crippen molar-refractivity contribution in [2.24, 2.45) is 0 Å². The average Bonchev–Trinajstić information content (AvgIpc) is 3.22. The number of aryl methyl sites for hydroxylation is 3. The highest BCUT2D eigenvalue weighted by molar-refractivity contribution is 5.84. The maximum atomic E-state index is 12.5. The van der Waals surface area contributed by atoms with Crippen LogP contribution in [0.4, 0.5) is 0 Å². The number of amides is 1. The highest BCUT2D eigenvalue weighted by Crippen LogP contribution is 2.28. The minimum absolute atomic E-state index is 0.146. The van der Waals surface area contributed by atoms with E-state index in [0.29, 0.717) is 29.6 Å². The van der Waals surface area contributed by atoms with Gasteiger partial charge in [-0.15, -0.1) is 0 Å². The van der Waals surface area contributed by atoms with Gasteiger partial charge in [0.25, 0.3) is 5.91 Å². The molecule has 4 aromatic rings. The van der Waals surface area contributed by atoms with Crippen molar-refractivity contribution in [3.8, 4) is 23.1 Å². The van der Waals surface area contributed by atoms with E-state index in [1.54, 1.807) is 20.3 Å². The zero-order chi connectivity index (χ0) is 24.9. The number of hydrogen-bond acceptors (Lipinski definition) is 6. The standard InChI is InChI=1S/C27H30N4O4/c1-6-20-14-25(29-27-26(20)18(3)30-31(27)21-10-7-17(2)8-11-21)35-16-24(32)28-15-19-9-12-22(33-4)23(13-19)34-5/h7-14H,6,15-16H2,1-5H3,(H,28,32). The van der Waals surface area contributed by atoms with Crippen molar-refractivity contribution in [3.05, 3.63) is 70.9 Å². The lowest BCUT2D eigenvalue weighted by Gasteiger charge is -2.11. The topological polar surface area (TPSA) is 87.5 Å². The number of carbonyl (C=O) groups excluding carboxylic acids is 1. The summed E-state index contributed by atoms with van der Waals surface area (Å²) < 4.78 is 18.2. The molecule has 0 atom stereocenters. The molecule has 0 spiro atoms. The van der Waals surface area contributed by atoms with Gasteiger partial charge in [0.05, 0.1) is 25.6 Å². The van der Waals surface area contributed by atoms with Crippen molar-refractivity contribution in [2.75, 3.05) is 20.8 Å². The number of nitrogens with one attached hydrogen (secondary N) is 1. The van der Waals surface area contributed by atoms with Crippen LogP contribution in [0, 0.1) is 13.8 Å². The van der Waals surface area contributed by atoms with Gasteiger partial charge in [0, 0.05) is 18.0 Å². The fourth-order valence-electron chi connectivity index (χ4n) is 3.95. The third-order valence-corrected chi connectivity index (χ3v) is 5.82. The Balaban J connectivity index is 1.49. The minimum atomic E-state index is -0.247. The molecule has 8 heteroatoms. The number of hydrogen-bond donors (Lipinski definition) is 1. The number of carbonyl (C=O) groups is 1.